The van der Waals surface area contributed by atoms with Crippen molar-refractivity contribution >= 4 is 29.3 Å². The zero-order valence-electron chi connectivity index (χ0n) is 18.9. The average Bonchev–Trinajstić information content (AvgIpc) is 2.79. The fraction of sp³-hybridized carbons (Fsp3) is 0.269. The standard InChI is InChI=1S/C26H29N5O/c1-19-8-11-23(12-9-19)29-24-18-25(28-21(3)27-24)30-14-16-31(17-15-30)26(32)13-10-22-7-5-4-6-20(22)2/h4-13,18H,14-17H2,1-3H3,(H,27,28,29)/b13-10+. The highest BCUT2D eigenvalue weighted by Gasteiger charge is 2.21. The van der Waals surface area contributed by atoms with Crippen LogP contribution < -0.4 is 10.2 Å². The van der Waals surface area contributed by atoms with E-state index in [2.05, 4.69) is 52.2 Å². The quantitative estimate of drug-likeness (QED) is 0.607. The van der Waals surface area contributed by atoms with Crippen LogP contribution in [0.1, 0.15) is 22.5 Å². The van der Waals surface area contributed by atoms with E-state index in [-0.39, 0.29) is 5.91 Å². The van der Waals surface area contributed by atoms with E-state index in [0.29, 0.717) is 13.1 Å². The first kappa shape index (κ1) is 21.6. The molecule has 0 saturated carbocycles. The monoisotopic (exact) mass is 427 g/mol. The number of carbonyl (C=O) groups is 1. The van der Waals surface area contributed by atoms with Crippen LogP contribution in [0.3, 0.4) is 0 Å². The van der Waals surface area contributed by atoms with E-state index in [1.165, 1.54) is 5.56 Å². The van der Waals surface area contributed by atoms with Crippen LogP contribution in [0.4, 0.5) is 17.3 Å². The Morgan fingerprint density at radius 2 is 1.66 bits per heavy atom. The van der Waals surface area contributed by atoms with Crippen LogP contribution in [0.5, 0.6) is 0 Å². The van der Waals surface area contributed by atoms with Crippen LogP contribution in [0.15, 0.2) is 60.7 Å². The van der Waals surface area contributed by atoms with Crippen LogP contribution in [0.2, 0.25) is 0 Å². The van der Waals surface area contributed by atoms with Crippen LogP contribution >= 0.6 is 0 Å². The van der Waals surface area contributed by atoms with Crippen molar-refractivity contribution in [3.8, 4) is 0 Å². The van der Waals surface area contributed by atoms with E-state index in [4.69, 9.17) is 0 Å². The summed E-state index contributed by atoms with van der Waals surface area (Å²) in [5.74, 6) is 2.43. The summed E-state index contributed by atoms with van der Waals surface area (Å²) in [6.45, 7) is 8.84. The lowest BCUT2D eigenvalue weighted by Gasteiger charge is -2.35. The number of aromatic nitrogens is 2. The Morgan fingerprint density at radius 1 is 0.938 bits per heavy atom. The van der Waals surface area contributed by atoms with Gasteiger partial charge in [-0.2, -0.15) is 0 Å². The number of nitrogens with one attached hydrogen (secondary N) is 1. The van der Waals surface area contributed by atoms with Crippen molar-refractivity contribution in [1.29, 1.82) is 0 Å². The molecule has 6 heteroatoms. The Kier molecular flexibility index (Phi) is 6.50. The number of rotatable bonds is 5. The van der Waals surface area contributed by atoms with Gasteiger partial charge in [-0.1, -0.05) is 42.0 Å². The van der Waals surface area contributed by atoms with Gasteiger partial charge in [0.05, 0.1) is 0 Å². The summed E-state index contributed by atoms with van der Waals surface area (Å²) in [5.41, 5.74) is 4.45. The maximum atomic E-state index is 12.6. The summed E-state index contributed by atoms with van der Waals surface area (Å²) in [4.78, 5) is 25.9. The molecule has 32 heavy (non-hydrogen) atoms. The molecule has 1 fully saturated rings. The van der Waals surface area contributed by atoms with Gasteiger partial charge in [-0.3, -0.25) is 4.79 Å². The van der Waals surface area contributed by atoms with Crippen molar-refractivity contribution in [2.75, 3.05) is 36.4 Å². The summed E-state index contributed by atoms with van der Waals surface area (Å²) >= 11 is 0. The molecule has 3 aromatic rings. The summed E-state index contributed by atoms with van der Waals surface area (Å²) in [6.07, 6.45) is 3.58. The molecule has 164 valence electrons. The maximum Gasteiger partial charge on any atom is 0.246 e. The average molecular weight is 428 g/mol. The molecule has 0 unspecified atom stereocenters. The van der Waals surface area contributed by atoms with E-state index in [1.54, 1.807) is 6.08 Å². The molecule has 1 saturated heterocycles. The lowest BCUT2D eigenvalue weighted by Crippen LogP contribution is -2.48. The molecule has 0 bridgehead atoms. The zero-order chi connectivity index (χ0) is 22.5. The number of aryl methyl sites for hydroxylation is 3. The Hall–Kier alpha value is -3.67. The minimum Gasteiger partial charge on any atom is -0.353 e. The highest BCUT2D eigenvalue weighted by molar-refractivity contribution is 5.92. The topological polar surface area (TPSA) is 61.4 Å². The molecule has 0 radical (unpaired) electrons. The fourth-order valence-electron chi connectivity index (χ4n) is 3.76. The van der Waals surface area contributed by atoms with Crippen molar-refractivity contribution < 1.29 is 4.79 Å². The van der Waals surface area contributed by atoms with Crippen molar-refractivity contribution in [2.45, 2.75) is 20.8 Å². The van der Waals surface area contributed by atoms with Gasteiger partial charge in [-0.05, 0) is 50.1 Å². The molecule has 0 atom stereocenters. The molecule has 1 aromatic heterocycles. The first-order valence-electron chi connectivity index (χ1n) is 10.9. The van der Waals surface area contributed by atoms with Gasteiger partial charge >= 0.3 is 0 Å². The number of benzene rings is 2. The lowest BCUT2D eigenvalue weighted by molar-refractivity contribution is -0.126. The SMILES string of the molecule is Cc1ccc(Nc2cc(N3CCN(C(=O)/C=C/c4ccccc4C)CC3)nc(C)n2)cc1. The second-order valence-corrected chi connectivity index (χ2v) is 8.15. The maximum absolute atomic E-state index is 12.6. The van der Waals surface area contributed by atoms with Crippen molar-refractivity contribution in [3.05, 3.63) is 83.2 Å². The molecule has 2 heterocycles. The molecule has 0 aliphatic carbocycles. The number of amides is 1. The Morgan fingerprint density at radius 3 is 2.38 bits per heavy atom. The molecule has 6 nitrogen and oxygen atoms in total. The van der Waals surface area contributed by atoms with E-state index < -0.39 is 0 Å². The molecular weight excluding hydrogens is 398 g/mol. The van der Waals surface area contributed by atoms with Crippen LogP contribution in [0, 0.1) is 20.8 Å². The molecule has 4 rings (SSSR count). The van der Waals surface area contributed by atoms with Gasteiger partial charge in [0, 0.05) is 44.0 Å². The molecule has 1 amide bonds. The van der Waals surface area contributed by atoms with Gasteiger partial charge in [0.15, 0.2) is 0 Å². The Bertz CT molecular complexity index is 1120. The fourth-order valence-corrected chi connectivity index (χ4v) is 3.76. The third-order valence-electron chi connectivity index (χ3n) is 5.66. The van der Waals surface area contributed by atoms with E-state index in [0.717, 1.165) is 47.4 Å². The Labute approximate surface area is 189 Å². The number of carbonyl (C=O) groups excluding carboxylic acids is 1. The minimum absolute atomic E-state index is 0.0495. The van der Waals surface area contributed by atoms with E-state index in [9.17, 15) is 4.79 Å². The second-order valence-electron chi connectivity index (χ2n) is 8.15. The van der Waals surface area contributed by atoms with Gasteiger partial charge < -0.3 is 15.1 Å². The smallest absolute Gasteiger partial charge is 0.246 e. The molecule has 1 N–H and O–H groups in total. The molecule has 1 aliphatic rings. The second kappa shape index (κ2) is 9.64. The van der Waals surface area contributed by atoms with Gasteiger partial charge in [0.1, 0.15) is 17.5 Å². The number of nitrogens with zero attached hydrogens (tertiary/aromatic N) is 4. The van der Waals surface area contributed by atoms with Gasteiger partial charge in [0.25, 0.3) is 0 Å². The number of hydrogen-bond donors (Lipinski definition) is 1. The van der Waals surface area contributed by atoms with Crippen molar-refractivity contribution in [3.63, 3.8) is 0 Å². The summed E-state index contributed by atoms with van der Waals surface area (Å²) in [6, 6.07) is 18.3. The molecule has 0 spiro atoms. The predicted molar refractivity (Wildman–Crippen MR) is 130 cm³/mol. The van der Waals surface area contributed by atoms with Gasteiger partial charge in [-0.15, -0.1) is 0 Å². The van der Waals surface area contributed by atoms with Crippen molar-refractivity contribution in [2.24, 2.45) is 0 Å². The third kappa shape index (κ3) is 5.32. The van der Waals surface area contributed by atoms with Crippen LogP contribution in [0.25, 0.3) is 6.08 Å². The predicted octanol–water partition coefficient (Wildman–Crippen LogP) is 4.51. The molecule has 1 aliphatic heterocycles. The Balaban J connectivity index is 1.38. The van der Waals surface area contributed by atoms with Crippen molar-refractivity contribution in [1.82, 2.24) is 14.9 Å². The summed E-state index contributed by atoms with van der Waals surface area (Å²) in [5, 5.41) is 3.36. The van der Waals surface area contributed by atoms with Crippen LogP contribution in [-0.2, 0) is 4.79 Å². The van der Waals surface area contributed by atoms with E-state index >= 15 is 0 Å². The van der Waals surface area contributed by atoms with Gasteiger partial charge in [0.2, 0.25) is 5.91 Å². The largest absolute Gasteiger partial charge is 0.353 e. The molecule has 2 aromatic carbocycles. The number of piperazine rings is 1. The third-order valence-corrected chi connectivity index (χ3v) is 5.66. The number of hydrogen-bond acceptors (Lipinski definition) is 5. The highest BCUT2D eigenvalue weighted by Crippen LogP contribution is 2.21. The highest BCUT2D eigenvalue weighted by atomic mass is 16.2. The summed E-state index contributed by atoms with van der Waals surface area (Å²) < 4.78 is 0. The first-order chi connectivity index (χ1) is 15.5. The normalized spacial score (nSPS) is 14.1. The van der Waals surface area contributed by atoms with Crippen LogP contribution in [-0.4, -0.2) is 47.0 Å². The number of anilines is 3. The zero-order valence-corrected chi connectivity index (χ0v) is 18.9. The minimum atomic E-state index is 0.0495. The lowest BCUT2D eigenvalue weighted by atomic mass is 10.1. The summed E-state index contributed by atoms with van der Waals surface area (Å²) in [7, 11) is 0. The first-order valence-corrected chi connectivity index (χ1v) is 10.9. The van der Waals surface area contributed by atoms with Gasteiger partial charge in [-0.25, -0.2) is 9.97 Å². The van der Waals surface area contributed by atoms with E-state index in [1.807, 2.05) is 54.3 Å². The molecular formula is C26H29N5O.